The highest BCUT2D eigenvalue weighted by atomic mass is 79.9. The van der Waals surface area contributed by atoms with E-state index in [1.807, 2.05) is 12.1 Å². The number of halogens is 1. The van der Waals surface area contributed by atoms with Crippen molar-refractivity contribution in [3.8, 4) is 0 Å². The monoisotopic (exact) mass is 306 g/mol. The first-order valence-electron chi connectivity index (χ1n) is 5.32. The number of benzene rings is 1. The Bertz CT molecular complexity index is 558. The zero-order valence-corrected chi connectivity index (χ0v) is 11.0. The zero-order valence-electron chi connectivity index (χ0n) is 9.43. The molecule has 0 fully saturated rings. The Labute approximate surface area is 113 Å². The number of nitrogens with zero attached hydrogens (tertiary/aromatic N) is 1. The fourth-order valence-corrected chi connectivity index (χ4v) is 2.05. The van der Waals surface area contributed by atoms with Gasteiger partial charge in [0.05, 0.1) is 5.56 Å². The Morgan fingerprint density at radius 2 is 2.00 bits per heavy atom. The number of hydrogen-bond donors (Lipinski definition) is 2. The normalized spacial score (nSPS) is 10.1. The fourth-order valence-electron chi connectivity index (χ4n) is 1.50. The Balaban J connectivity index is 2.07. The standard InChI is InChI=1S/C13H11BrN2O2/c14-12-7-10(1-2-11(12)13(17)18)16-8-9-3-5-15-6-4-9/h1-7,16H,8H2,(H,17,18). The van der Waals surface area contributed by atoms with Gasteiger partial charge in [-0.15, -0.1) is 0 Å². The van der Waals surface area contributed by atoms with Crippen LogP contribution in [0.3, 0.4) is 0 Å². The van der Waals surface area contributed by atoms with Crippen LogP contribution in [0.25, 0.3) is 0 Å². The van der Waals surface area contributed by atoms with Crippen molar-refractivity contribution in [3.63, 3.8) is 0 Å². The quantitative estimate of drug-likeness (QED) is 0.911. The number of pyridine rings is 1. The molecule has 2 N–H and O–H groups in total. The van der Waals surface area contributed by atoms with Gasteiger partial charge in [-0.3, -0.25) is 4.98 Å². The Morgan fingerprint density at radius 3 is 2.61 bits per heavy atom. The van der Waals surface area contributed by atoms with Crippen LogP contribution in [-0.4, -0.2) is 16.1 Å². The summed E-state index contributed by atoms with van der Waals surface area (Å²) in [4.78, 5) is 14.8. The molecule has 0 unspecified atom stereocenters. The summed E-state index contributed by atoms with van der Waals surface area (Å²) in [6.45, 7) is 0.668. The molecule has 2 aromatic rings. The summed E-state index contributed by atoms with van der Waals surface area (Å²) in [6.07, 6.45) is 3.47. The molecule has 0 bridgehead atoms. The highest BCUT2D eigenvalue weighted by molar-refractivity contribution is 9.10. The van der Waals surface area contributed by atoms with E-state index in [4.69, 9.17) is 5.11 Å². The van der Waals surface area contributed by atoms with Crippen molar-refractivity contribution in [1.29, 1.82) is 0 Å². The van der Waals surface area contributed by atoms with Gasteiger partial charge in [-0.2, -0.15) is 0 Å². The van der Waals surface area contributed by atoms with Crippen LogP contribution < -0.4 is 5.32 Å². The summed E-state index contributed by atoms with van der Waals surface area (Å²) in [5.74, 6) is -0.942. The number of rotatable bonds is 4. The fraction of sp³-hybridized carbons (Fsp3) is 0.0769. The van der Waals surface area contributed by atoms with Crippen LogP contribution in [0.1, 0.15) is 15.9 Å². The number of aromatic carboxylic acids is 1. The minimum absolute atomic E-state index is 0.254. The molecule has 92 valence electrons. The molecule has 18 heavy (non-hydrogen) atoms. The number of hydrogen-bond acceptors (Lipinski definition) is 3. The van der Waals surface area contributed by atoms with Crippen molar-refractivity contribution >= 4 is 27.6 Å². The van der Waals surface area contributed by atoms with Gasteiger partial charge in [0.25, 0.3) is 0 Å². The maximum Gasteiger partial charge on any atom is 0.336 e. The predicted octanol–water partition coefficient (Wildman–Crippen LogP) is 3.15. The maximum atomic E-state index is 10.9. The molecule has 5 heteroatoms. The molecule has 1 heterocycles. The van der Waals surface area contributed by atoms with Gasteiger partial charge < -0.3 is 10.4 Å². The molecule has 0 radical (unpaired) electrons. The molecular formula is C13H11BrN2O2. The van der Waals surface area contributed by atoms with E-state index in [1.165, 1.54) is 0 Å². The molecule has 0 spiro atoms. The minimum Gasteiger partial charge on any atom is -0.478 e. The van der Waals surface area contributed by atoms with E-state index in [0.29, 0.717) is 11.0 Å². The van der Waals surface area contributed by atoms with E-state index >= 15 is 0 Å². The van der Waals surface area contributed by atoms with Crippen molar-refractivity contribution < 1.29 is 9.90 Å². The van der Waals surface area contributed by atoms with Crippen molar-refractivity contribution in [2.75, 3.05) is 5.32 Å². The van der Waals surface area contributed by atoms with E-state index in [2.05, 4.69) is 26.2 Å². The molecule has 0 amide bonds. The van der Waals surface area contributed by atoms with Crippen LogP contribution in [-0.2, 0) is 6.54 Å². The third-order valence-corrected chi connectivity index (χ3v) is 3.10. The van der Waals surface area contributed by atoms with E-state index < -0.39 is 5.97 Å². The second kappa shape index (κ2) is 5.64. The lowest BCUT2D eigenvalue weighted by molar-refractivity contribution is 0.0696. The number of anilines is 1. The number of carboxylic acids is 1. The SMILES string of the molecule is O=C(O)c1ccc(NCc2ccncc2)cc1Br. The molecule has 0 aliphatic heterocycles. The zero-order chi connectivity index (χ0) is 13.0. The third kappa shape index (κ3) is 3.07. The molecule has 1 aromatic heterocycles. The van der Waals surface area contributed by atoms with Crippen LogP contribution in [0.4, 0.5) is 5.69 Å². The third-order valence-electron chi connectivity index (χ3n) is 2.45. The van der Waals surface area contributed by atoms with Crippen molar-refractivity contribution in [2.45, 2.75) is 6.54 Å². The summed E-state index contributed by atoms with van der Waals surface area (Å²) in [7, 11) is 0. The highest BCUT2D eigenvalue weighted by Gasteiger charge is 2.08. The Kier molecular flexibility index (Phi) is 3.94. The topological polar surface area (TPSA) is 62.2 Å². The van der Waals surface area contributed by atoms with E-state index in [-0.39, 0.29) is 5.56 Å². The van der Waals surface area contributed by atoms with Crippen LogP contribution in [0.2, 0.25) is 0 Å². The molecule has 0 saturated heterocycles. The molecule has 0 saturated carbocycles. The van der Waals surface area contributed by atoms with E-state index in [1.54, 1.807) is 30.6 Å². The van der Waals surface area contributed by atoms with E-state index in [9.17, 15) is 4.79 Å². The van der Waals surface area contributed by atoms with Crippen LogP contribution >= 0.6 is 15.9 Å². The second-order valence-corrected chi connectivity index (χ2v) is 4.56. The summed E-state index contributed by atoms with van der Waals surface area (Å²) in [5, 5.41) is 12.1. The Hall–Kier alpha value is -1.88. The lowest BCUT2D eigenvalue weighted by Gasteiger charge is -2.08. The molecule has 4 nitrogen and oxygen atoms in total. The minimum atomic E-state index is -0.942. The van der Waals surface area contributed by atoms with Crippen molar-refractivity contribution in [2.24, 2.45) is 0 Å². The lowest BCUT2D eigenvalue weighted by atomic mass is 10.2. The molecule has 2 rings (SSSR count). The average molecular weight is 307 g/mol. The summed E-state index contributed by atoms with van der Waals surface area (Å²) in [6, 6.07) is 8.92. The van der Waals surface area contributed by atoms with Gasteiger partial charge in [0.1, 0.15) is 0 Å². The summed E-state index contributed by atoms with van der Waals surface area (Å²) in [5.41, 5.74) is 2.23. The highest BCUT2D eigenvalue weighted by Crippen LogP contribution is 2.22. The molecule has 0 aliphatic rings. The lowest BCUT2D eigenvalue weighted by Crippen LogP contribution is -2.02. The molecule has 0 aliphatic carbocycles. The molecule has 0 atom stereocenters. The first-order valence-corrected chi connectivity index (χ1v) is 6.12. The van der Waals surface area contributed by atoms with Gasteiger partial charge in [-0.1, -0.05) is 0 Å². The van der Waals surface area contributed by atoms with Gasteiger partial charge in [-0.25, -0.2) is 4.79 Å². The first kappa shape index (κ1) is 12.6. The summed E-state index contributed by atoms with van der Waals surface area (Å²) < 4.78 is 0.565. The molecular weight excluding hydrogens is 296 g/mol. The van der Waals surface area contributed by atoms with Gasteiger partial charge in [0, 0.05) is 29.1 Å². The van der Waals surface area contributed by atoms with Crippen molar-refractivity contribution in [1.82, 2.24) is 4.98 Å². The smallest absolute Gasteiger partial charge is 0.336 e. The summed E-state index contributed by atoms with van der Waals surface area (Å²) >= 11 is 3.24. The number of carbonyl (C=O) groups is 1. The second-order valence-electron chi connectivity index (χ2n) is 3.71. The maximum absolute atomic E-state index is 10.9. The van der Waals surface area contributed by atoms with Crippen LogP contribution in [0, 0.1) is 0 Å². The van der Waals surface area contributed by atoms with Gasteiger partial charge in [-0.05, 0) is 51.8 Å². The average Bonchev–Trinajstić information content (AvgIpc) is 2.37. The Morgan fingerprint density at radius 1 is 1.28 bits per heavy atom. The van der Waals surface area contributed by atoms with E-state index in [0.717, 1.165) is 11.3 Å². The van der Waals surface area contributed by atoms with Gasteiger partial charge in [0.2, 0.25) is 0 Å². The number of nitrogens with one attached hydrogen (secondary N) is 1. The number of carboxylic acid groups (broad SMARTS) is 1. The van der Waals surface area contributed by atoms with Crippen LogP contribution in [0.15, 0.2) is 47.2 Å². The molecule has 1 aromatic carbocycles. The van der Waals surface area contributed by atoms with Gasteiger partial charge in [0.15, 0.2) is 0 Å². The first-order chi connectivity index (χ1) is 8.66. The van der Waals surface area contributed by atoms with Crippen molar-refractivity contribution in [3.05, 3.63) is 58.3 Å². The van der Waals surface area contributed by atoms with Gasteiger partial charge >= 0.3 is 5.97 Å². The van der Waals surface area contributed by atoms with Crippen LogP contribution in [0.5, 0.6) is 0 Å². The number of aromatic nitrogens is 1. The predicted molar refractivity (Wildman–Crippen MR) is 72.7 cm³/mol. The largest absolute Gasteiger partial charge is 0.478 e.